The van der Waals surface area contributed by atoms with Crippen LogP contribution < -0.4 is 0 Å². The fraction of sp³-hybridized carbons (Fsp3) is 1.00. The minimum atomic E-state index is 0.547. The van der Waals surface area contributed by atoms with Crippen molar-refractivity contribution in [3.05, 3.63) is 0 Å². The van der Waals surface area contributed by atoms with Crippen molar-refractivity contribution >= 4 is 0 Å². The highest BCUT2D eigenvalue weighted by Gasteiger charge is 2.43. The third kappa shape index (κ3) is 2.22. The zero-order valence-electron chi connectivity index (χ0n) is 12.5. The summed E-state index contributed by atoms with van der Waals surface area (Å²) in [6.07, 6.45) is 8.63. The van der Waals surface area contributed by atoms with Gasteiger partial charge in [0.1, 0.15) is 0 Å². The summed E-state index contributed by atoms with van der Waals surface area (Å²) in [4.78, 5) is 5.64. The van der Waals surface area contributed by atoms with Crippen LogP contribution in [0.1, 0.15) is 59.3 Å². The Balaban J connectivity index is 1.72. The summed E-state index contributed by atoms with van der Waals surface area (Å²) in [5.74, 6) is 0. The topological polar surface area (TPSA) is 6.48 Å². The molecule has 104 valence electrons. The van der Waals surface area contributed by atoms with Gasteiger partial charge in [-0.3, -0.25) is 9.80 Å². The van der Waals surface area contributed by atoms with Crippen molar-refractivity contribution in [3.63, 3.8) is 0 Å². The van der Waals surface area contributed by atoms with Crippen molar-refractivity contribution in [1.29, 1.82) is 0 Å². The zero-order chi connectivity index (χ0) is 12.8. The van der Waals surface area contributed by atoms with Crippen molar-refractivity contribution in [2.75, 3.05) is 19.6 Å². The largest absolute Gasteiger partial charge is 0.298 e. The third-order valence-corrected chi connectivity index (χ3v) is 5.84. The van der Waals surface area contributed by atoms with Crippen LogP contribution in [0.5, 0.6) is 0 Å². The van der Waals surface area contributed by atoms with E-state index in [2.05, 4.69) is 30.6 Å². The Bertz CT molecular complexity index is 299. The molecule has 0 aromatic heterocycles. The highest BCUT2D eigenvalue weighted by molar-refractivity contribution is 4.98. The molecule has 0 radical (unpaired) electrons. The molecule has 1 aliphatic carbocycles. The minimum absolute atomic E-state index is 0.547. The maximum Gasteiger partial charge on any atom is 0.0224 e. The van der Waals surface area contributed by atoms with E-state index in [1.807, 2.05) is 0 Å². The highest BCUT2D eigenvalue weighted by Crippen LogP contribution is 2.42. The SMILES string of the molecule is CC1CN2CCCCC2CN1C1CCCC1(C)C. The maximum atomic E-state index is 2.87. The van der Waals surface area contributed by atoms with Crippen LogP contribution >= 0.6 is 0 Å². The molecule has 1 saturated carbocycles. The van der Waals surface area contributed by atoms with Crippen molar-refractivity contribution in [2.45, 2.75) is 77.4 Å². The molecule has 0 bridgehead atoms. The monoisotopic (exact) mass is 250 g/mol. The lowest BCUT2D eigenvalue weighted by Gasteiger charge is -2.51. The summed E-state index contributed by atoms with van der Waals surface area (Å²) in [5, 5.41) is 0. The predicted octanol–water partition coefficient (Wildman–Crippen LogP) is 3.12. The van der Waals surface area contributed by atoms with E-state index in [-0.39, 0.29) is 0 Å². The Morgan fingerprint density at radius 3 is 2.56 bits per heavy atom. The van der Waals surface area contributed by atoms with Gasteiger partial charge in [0.25, 0.3) is 0 Å². The molecule has 2 nitrogen and oxygen atoms in total. The zero-order valence-corrected chi connectivity index (χ0v) is 12.5. The quantitative estimate of drug-likeness (QED) is 0.705. The maximum absolute atomic E-state index is 2.87. The number of hydrogen-bond acceptors (Lipinski definition) is 2. The standard InChI is InChI=1S/C16H30N2/c1-13-11-17-10-5-4-7-14(17)12-18(13)15-8-6-9-16(15,2)3/h13-15H,4-12H2,1-3H3. The van der Waals surface area contributed by atoms with E-state index in [9.17, 15) is 0 Å². The van der Waals surface area contributed by atoms with Crippen LogP contribution in [0, 0.1) is 5.41 Å². The molecule has 3 aliphatic rings. The van der Waals surface area contributed by atoms with Crippen LogP contribution in [0.25, 0.3) is 0 Å². The second-order valence-electron chi connectivity index (χ2n) is 7.59. The second-order valence-corrected chi connectivity index (χ2v) is 7.59. The average Bonchev–Trinajstić information content (AvgIpc) is 2.68. The first kappa shape index (κ1) is 12.9. The molecule has 0 aromatic carbocycles. The molecule has 3 rings (SSSR count). The highest BCUT2D eigenvalue weighted by atomic mass is 15.3. The van der Waals surface area contributed by atoms with Crippen molar-refractivity contribution < 1.29 is 0 Å². The molecule has 0 N–H and O–H groups in total. The molecule has 2 saturated heterocycles. The summed E-state index contributed by atoms with van der Waals surface area (Å²) in [7, 11) is 0. The van der Waals surface area contributed by atoms with Crippen molar-refractivity contribution in [3.8, 4) is 0 Å². The Morgan fingerprint density at radius 2 is 1.83 bits per heavy atom. The van der Waals surface area contributed by atoms with Gasteiger partial charge in [-0.15, -0.1) is 0 Å². The number of nitrogens with zero attached hydrogens (tertiary/aromatic N) is 2. The Labute approximate surface area is 113 Å². The first-order valence-electron chi connectivity index (χ1n) is 8.08. The minimum Gasteiger partial charge on any atom is -0.298 e. The number of fused-ring (bicyclic) bond motifs is 1. The van der Waals surface area contributed by atoms with Gasteiger partial charge in [-0.1, -0.05) is 26.7 Å². The predicted molar refractivity (Wildman–Crippen MR) is 76.8 cm³/mol. The van der Waals surface area contributed by atoms with Crippen LogP contribution in [0.2, 0.25) is 0 Å². The van der Waals surface area contributed by atoms with Gasteiger partial charge in [-0.25, -0.2) is 0 Å². The molecule has 18 heavy (non-hydrogen) atoms. The number of rotatable bonds is 1. The lowest BCUT2D eigenvalue weighted by Crippen LogP contribution is -2.62. The van der Waals surface area contributed by atoms with E-state index in [4.69, 9.17) is 0 Å². The second kappa shape index (κ2) is 4.79. The summed E-state index contributed by atoms with van der Waals surface area (Å²) < 4.78 is 0. The molecule has 2 aliphatic heterocycles. The first-order chi connectivity index (χ1) is 8.58. The molecule has 0 spiro atoms. The van der Waals surface area contributed by atoms with Crippen LogP contribution in [-0.2, 0) is 0 Å². The Morgan fingerprint density at radius 1 is 1.00 bits per heavy atom. The number of piperidine rings is 1. The van der Waals surface area contributed by atoms with E-state index < -0.39 is 0 Å². The lowest BCUT2D eigenvalue weighted by atomic mass is 9.84. The van der Waals surface area contributed by atoms with Gasteiger partial charge in [0.05, 0.1) is 0 Å². The molecule has 2 heteroatoms. The van der Waals surface area contributed by atoms with Crippen molar-refractivity contribution in [1.82, 2.24) is 9.80 Å². The first-order valence-corrected chi connectivity index (χ1v) is 8.08. The summed E-state index contributed by atoms with van der Waals surface area (Å²) in [6.45, 7) is 11.5. The van der Waals surface area contributed by atoms with E-state index in [0.717, 1.165) is 18.1 Å². The molecule has 2 heterocycles. The van der Waals surface area contributed by atoms with E-state index >= 15 is 0 Å². The molecule has 0 amide bonds. The molecule has 3 fully saturated rings. The van der Waals surface area contributed by atoms with E-state index in [1.165, 1.54) is 58.2 Å². The lowest BCUT2D eigenvalue weighted by molar-refractivity contribution is -0.0292. The summed E-state index contributed by atoms with van der Waals surface area (Å²) >= 11 is 0. The van der Waals surface area contributed by atoms with Crippen LogP contribution in [0.3, 0.4) is 0 Å². The van der Waals surface area contributed by atoms with Crippen LogP contribution in [-0.4, -0.2) is 47.6 Å². The van der Waals surface area contributed by atoms with Crippen LogP contribution in [0.4, 0.5) is 0 Å². The Hall–Kier alpha value is -0.0800. The fourth-order valence-electron chi connectivity index (χ4n) is 4.73. The number of hydrogen-bond donors (Lipinski definition) is 0. The molecular weight excluding hydrogens is 220 g/mol. The van der Waals surface area contributed by atoms with Gasteiger partial charge in [0.15, 0.2) is 0 Å². The molecule has 3 unspecified atom stereocenters. The normalized spacial score (nSPS) is 41.8. The van der Waals surface area contributed by atoms with Crippen molar-refractivity contribution in [2.24, 2.45) is 5.41 Å². The van der Waals surface area contributed by atoms with E-state index in [1.54, 1.807) is 0 Å². The van der Waals surface area contributed by atoms with Gasteiger partial charge in [0, 0.05) is 31.2 Å². The van der Waals surface area contributed by atoms with Gasteiger partial charge in [-0.05, 0) is 44.6 Å². The Kier molecular flexibility index (Phi) is 3.44. The fourth-order valence-corrected chi connectivity index (χ4v) is 4.73. The molecule has 0 aromatic rings. The van der Waals surface area contributed by atoms with Gasteiger partial charge in [0.2, 0.25) is 0 Å². The van der Waals surface area contributed by atoms with E-state index in [0.29, 0.717) is 5.41 Å². The summed E-state index contributed by atoms with van der Waals surface area (Å²) in [6, 6.07) is 2.48. The number of piperazine rings is 1. The summed E-state index contributed by atoms with van der Waals surface area (Å²) in [5.41, 5.74) is 0.547. The third-order valence-electron chi connectivity index (χ3n) is 5.84. The average molecular weight is 250 g/mol. The van der Waals surface area contributed by atoms with Crippen LogP contribution in [0.15, 0.2) is 0 Å². The smallest absolute Gasteiger partial charge is 0.0224 e. The van der Waals surface area contributed by atoms with Gasteiger partial charge < -0.3 is 0 Å². The van der Waals surface area contributed by atoms with Gasteiger partial charge in [-0.2, -0.15) is 0 Å². The molecular formula is C16H30N2. The van der Waals surface area contributed by atoms with Gasteiger partial charge >= 0.3 is 0 Å². The molecule has 3 atom stereocenters.